The molecule has 0 bridgehead atoms. The molecule has 7 nitrogen and oxygen atoms in total. The molecule has 0 aliphatic carbocycles. The number of hydrogen-bond acceptors (Lipinski definition) is 5. The second kappa shape index (κ2) is 7.38. The van der Waals surface area contributed by atoms with E-state index in [2.05, 4.69) is 4.74 Å². The van der Waals surface area contributed by atoms with Crippen LogP contribution in [0.15, 0.2) is 47.3 Å². The summed E-state index contributed by atoms with van der Waals surface area (Å²) >= 11 is 11.9. The van der Waals surface area contributed by atoms with Gasteiger partial charge in [0.05, 0.1) is 22.8 Å². The van der Waals surface area contributed by atoms with Crippen LogP contribution < -0.4 is 10.4 Å². The first kappa shape index (κ1) is 18.9. The number of carbonyl (C=O) groups excluding carboxylic acids is 1. The van der Waals surface area contributed by atoms with Crippen molar-refractivity contribution in [3.8, 4) is 28.6 Å². The van der Waals surface area contributed by atoms with Gasteiger partial charge in [0.15, 0.2) is 0 Å². The molecule has 9 heteroatoms. The molecular formula is C18H14Cl2N2O5. The zero-order valence-corrected chi connectivity index (χ0v) is 15.8. The van der Waals surface area contributed by atoms with Crippen LogP contribution in [0.1, 0.15) is 0 Å². The van der Waals surface area contributed by atoms with E-state index in [1.807, 2.05) is 0 Å². The first-order valence-electron chi connectivity index (χ1n) is 7.66. The second-order valence-corrected chi connectivity index (χ2v) is 6.35. The van der Waals surface area contributed by atoms with Gasteiger partial charge in [-0.2, -0.15) is 0 Å². The van der Waals surface area contributed by atoms with Crippen LogP contribution in [0.25, 0.3) is 16.9 Å². The van der Waals surface area contributed by atoms with Gasteiger partial charge >= 0.3 is 11.8 Å². The molecule has 1 N–H and O–H groups in total. The molecule has 3 rings (SSSR count). The predicted molar refractivity (Wildman–Crippen MR) is 101 cm³/mol. The van der Waals surface area contributed by atoms with Crippen molar-refractivity contribution in [3.63, 3.8) is 0 Å². The Morgan fingerprint density at radius 2 is 1.85 bits per heavy atom. The maximum Gasteiger partial charge on any atom is 0.513 e. The number of benzene rings is 2. The van der Waals surface area contributed by atoms with E-state index < -0.39 is 11.8 Å². The first-order valence-corrected chi connectivity index (χ1v) is 8.41. The molecule has 0 atom stereocenters. The van der Waals surface area contributed by atoms with Crippen molar-refractivity contribution in [2.45, 2.75) is 0 Å². The van der Waals surface area contributed by atoms with Crippen LogP contribution in [-0.4, -0.2) is 27.5 Å². The molecule has 0 amide bonds. The predicted octanol–water partition coefficient (Wildman–Crippen LogP) is 4.00. The summed E-state index contributed by atoms with van der Waals surface area (Å²) < 4.78 is 11.8. The Labute approximate surface area is 163 Å². The van der Waals surface area contributed by atoms with Gasteiger partial charge < -0.3 is 14.6 Å². The quantitative estimate of drug-likeness (QED) is 0.522. The van der Waals surface area contributed by atoms with E-state index in [0.717, 1.165) is 4.57 Å². The number of aromatic hydroxyl groups is 1. The molecule has 1 heterocycles. The molecule has 0 spiro atoms. The van der Waals surface area contributed by atoms with Gasteiger partial charge in [0, 0.05) is 12.6 Å². The van der Waals surface area contributed by atoms with Crippen LogP contribution in [0.5, 0.6) is 11.6 Å². The van der Waals surface area contributed by atoms with E-state index in [9.17, 15) is 14.7 Å². The van der Waals surface area contributed by atoms with Gasteiger partial charge in [-0.15, -0.1) is 0 Å². The molecule has 0 saturated carbocycles. The summed E-state index contributed by atoms with van der Waals surface area (Å²) in [5, 5.41) is 11.3. The summed E-state index contributed by atoms with van der Waals surface area (Å²) in [6, 6.07) is 10.9. The SMILES string of the molecule is COC(=O)Oc1cccc(-c2c(O)n(-c3ccc(Cl)c(Cl)c3)c(=O)n2C)c1. The van der Waals surface area contributed by atoms with E-state index in [-0.39, 0.29) is 22.3 Å². The average Bonchev–Trinajstić information content (AvgIpc) is 2.86. The lowest BCUT2D eigenvalue weighted by Gasteiger charge is -2.07. The number of nitrogens with zero attached hydrogens (tertiary/aromatic N) is 2. The molecule has 2 aromatic carbocycles. The summed E-state index contributed by atoms with van der Waals surface area (Å²) in [4.78, 5) is 24.0. The van der Waals surface area contributed by atoms with Crippen molar-refractivity contribution >= 4 is 29.4 Å². The zero-order valence-electron chi connectivity index (χ0n) is 14.3. The van der Waals surface area contributed by atoms with Crippen LogP contribution >= 0.6 is 23.2 Å². The highest BCUT2D eigenvalue weighted by Crippen LogP contribution is 2.33. The minimum atomic E-state index is -0.876. The Bertz CT molecular complexity index is 1090. The Hall–Kier alpha value is -2.90. The van der Waals surface area contributed by atoms with Crippen molar-refractivity contribution in [2.75, 3.05) is 7.11 Å². The first-order chi connectivity index (χ1) is 12.8. The summed E-state index contributed by atoms with van der Waals surface area (Å²) in [5.41, 5.74) is 0.574. The molecule has 0 unspecified atom stereocenters. The average molecular weight is 409 g/mol. The van der Waals surface area contributed by atoms with E-state index in [4.69, 9.17) is 27.9 Å². The summed E-state index contributed by atoms with van der Waals surface area (Å²) in [7, 11) is 2.71. The number of ether oxygens (including phenoxy) is 2. The topological polar surface area (TPSA) is 82.7 Å². The fourth-order valence-corrected chi connectivity index (χ4v) is 2.91. The van der Waals surface area contributed by atoms with Gasteiger partial charge in [-0.3, -0.25) is 4.57 Å². The standard InChI is InChI=1S/C18H14Cl2N2O5/c1-21-15(10-4-3-5-12(8-10)27-18(25)26-2)16(23)22(17(21)24)11-6-7-13(19)14(20)9-11/h3-9,23H,1-2H3. The lowest BCUT2D eigenvalue weighted by Crippen LogP contribution is -2.21. The highest BCUT2D eigenvalue weighted by atomic mass is 35.5. The summed E-state index contributed by atoms with van der Waals surface area (Å²) in [5.74, 6) is -0.0930. The van der Waals surface area contributed by atoms with Crippen LogP contribution in [0, 0.1) is 0 Å². The minimum absolute atomic E-state index is 0.202. The zero-order chi connectivity index (χ0) is 19.7. The Morgan fingerprint density at radius 3 is 2.52 bits per heavy atom. The van der Waals surface area contributed by atoms with E-state index >= 15 is 0 Å². The van der Waals surface area contributed by atoms with Crippen LogP contribution in [-0.2, 0) is 11.8 Å². The third kappa shape index (κ3) is 3.51. The molecule has 0 aliphatic rings. The van der Waals surface area contributed by atoms with Gasteiger partial charge in [0.2, 0.25) is 5.88 Å². The second-order valence-electron chi connectivity index (χ2n) is 5.53. The minimum Gasteiger partial charge on any atom is -0.493 e. The molecule has 0 saturated heterocycles. The highest BCUT2D eigenvalue weighted by molar-refractivity contribution is 6.42. The molecule has 140 valence electrons. The van der Waals surface area contributed by atoms with Crippen molar-refractivity contribution in [3.05, 3.63) is 63.0 Å². The number of methoxy groups -OCH3 is 1. The van der Waals surface area contributed by atoms with E-state index in [1.54, 1.807) is 24.3 Å². The summed E-state index contributed by atoms with van der Waals surface area (Å²) in [6.07, 6.45) is -0.876. The van der Waals surface area contributed by atoms with Crippen molar-refractivity contribution in [1.29, 1.82) is 0 Å². The van der Waals surface area contributed by atoms with Crippen LogP contribution in [0.2, 0.25) is 10.0 Å². The van der Waals surface area contributed by atoms with Gasteiger partial charge in [-0.1, -0.05) is 35.3 Å². The molecule has 3 aromatic rings. The van der Waals surface area contributed by atoms with E-state index in [1.165, 1.54) is 36.9 Å². The number of aromatic nitrogens is 2. The number of carbonyl (C=O) groups is 1. The Balaban J connectivity index is 2.13. The number of halogens is 2. The van der Waals surface area contributed by atoms with Crippen molar-refractivity contribution in [1.82, 2.24) is 9.13 Å². The fraction of sp³-hybridized carbons (Fsp3) is 0.111. The highest BCUT2D eigenvalue weighted by Gasteiger charge is 2.21. The van der Waals surface area contributed by atoms with Gasteiger partial charge in [-0.25, -0.2) is 14.2 Å². The largest absolute Gasteiger partial charge is 0.513 e. The van der Waals surface area contributed by atoms with Crippen molar-refractivity contribution in [2.24, 2.45) is 7.05 Å². The van der Waals surface area contributed by atoms with Gasteiger partial charge in [0.25, 0.3) is 0 Å². The molecule has 0 radical (unpaired) electrons. The van der Waals surface area contributed by atoms with E-state index in [0.29, 0.717) is 16.3 Å². The van der Waals surface area contributed by atoms with Crippen LogP contribution in [0.3, 0.4) is 0 Å². The normalized spacial score (nSPS) is 10.7. The molecule has 0 fully saturated rings. The lowest BCUT2D eigenvalue weighted by atomic mass is 10.1. The smallest absolute Gasteiger partial charge is 0.493 e. The molecule has 1 aromatic heterocycles. The number of imidazole rings is 1. The Kier molecular flexibility index (Phi) is 5.16. The van der Waals surface area contributed by atoms with Crippen LogP contribution in [0.4, 0.5) is 4.79 Å². The number of rotatable bonds is 3. The third-order valence-corrected chi connectivity index (χ3v) is 4.61. The maximum absolute atomic E-state index is 12.7. The van der Waals surface area contributed by atoms with Gasteiger partial charge in [-0.05, 0) is 30.3 Å². The fourth-order valence-electron chi connectivity index (χ4n) is 2.62. The van der Waals surface area contributed by atoms with Crippen molar-refractivity contribution < 1.29 is 19.4 Å². The molecule has 0 aliphatic heterocycles. The lowest BCUT2D eigenvalue weighted by molar-refractivity contribution is 0.121. The summed E-state index contributed by atoms with van der Waals surface area (Å²) in [6.45, 7) is 0. The molecular weight excluding hydrogens is 395 g/mol. The molecule has 27 heavy (non-hydrogen) atoms. The third-order valence-electron chi connectivity index (χ3n) is 3.87. The Morgan fingerprint density at radius 1 is 1.11 bits per heavy atom. The van der Waals surface area contributed by atoms with Gasteiger partial charge in [0.1, 0.15) is 11.4 Å². The maximum atomic E-state index is 12.7. The monoisotopic (exact) mass is 408 g/mol. The number of hydrogen-bond donors (Lipinski definition) is 1.